The van der Waals surface area contributed by atoms with Crippen molar-refractivity contribution in [2.45, 2.75) is 45.7 Å². The Hall–Kier alpha value is -3.37. The van der Waals surface area contributed by atoms with E-state index in [2.05, 4.69) is 71.4 Å². The molecule has 0 aliphatic carbocycles. The molecule has 0 radical (unpaired) electrons. The molecule has 35 heavy (non-hydrogen) atoms. The van der Waals surface area contributed by atoms with E-state index in [-0.39, 0.29) is 0 Å². The summed E-state index contributed by atoms with van der Waals surface area (Å²) in [5.41, 5.74) is 4.72. The second kappa shape index (κ2) is 10.9. The molecule has 1 fully saturated rings. The monoisotopic (exact) mass is 466 g/mol. The highest BCUT2D eigenvalue weighted by Crippen LogP contribution is 2.28. The first-order chi connectivity index (χ1) is 17.1. The van der Waals surface area contributed by atoms with E-state index in [0.29, 0.717) is 18.5 Å². The maximum atomic E-state index is 6.03. The number of rotatable bonds is 9. The predicted molar refractivity (Wildman–Crippen MR) is 140 cm³/mol. The molecule has 4 nitrogen and oxygen atoms in total. The van der Waals surface area contributed by atoms with Crippen molar-refractivity contribution in [2.75, 3.05) is 13.2 Å². The van der Waals surface area contributed by atoms with Crippen LogP contribution in [0.5, 0.6) is 5.75 Å². The molecule has 3 aromatic carbocycles. The zero-order valence-corrected chi connectivity index (χ0v) is 20.7. The van der Waals surface area contributed by atoms with Crippen LogP contribution in [0.25, 0.3) is 11.5 Å². The number of aryl methyl sites for hydroxylation is 1. The van der Waals surface area contributed by atoms with Gasteiger partial charge in [0.15, 0.2) is 0 Å². The van der Waals surface area contributed by atoms with E-state index in [4.69, 9.17) is 9.15 Å². The highest BCUT2D eigenvalue weighted by Gasteiger charge is 2.29. The molecule has 2 atom stereocenters. The maximum Gasteiger partial charge on any atom is 0.226 e. The lowest BCUT2D eigenvalue weighted by Crippen LogP contribution is -2.30. The molecule has 0 amide bonds. The molecule has 0 spiro atoms. The lowest BCUT2D eigenvalue weighted by molar-refractivity contribution is 0.241. The minimum atomic E-state index is 0.575. The molecule has 5 rings (SSSR count). The second-order valence-corrected chi connectivity index (χ2v) is 9.74. The van der Waals surface area contributed by atoms with Crippen LogP contribution in [0.1, 0.15) is 35.9 Å². The fourth-order valence-corrected chi connectivity index (χ4v) is 5.09. The quantitative estimate of drug-likeness (QED) is 0.274. The summed E-state index contributed by atoms with van der Waals surface area (Å²) in [4.78, 5) is 7.32. The van der Waals surface area contributed by atoms with E-state index in [1.165, 1.54) is 24.1 Å². The Morgan fingerprint density at radius 2 is 1.63 bits per heavy atom. The lowest BCUT2D eigenvalue weighted by atomic mass is 10.0. The van der Waals surface area contributed by atoms with Crippen molar-refractivity contribution in [3.8, 4) is 17.2 Å². The van der Waals surface area contributed by atoms with Crippen LogP contribution in [0.4, 0.5) is 0 Å². The van der Waals surface area contributed by atoms with E-state index < -0.39 is 0 Å². The molecule has 0 bridgehead atoms. The Balaban J connectivity index is 1.14. The van der Waals surface area contributed by atoms with Gasteiger partial charge in [0.2, 0.25) is 5.89 Å². The van der Waals surface area contributed by atoms with Gasteiger partial charge in [-0.05, 0) is 61.1 Å². The normalized spacial score (nSPS) is 18.1. The summed E-state index contributed by atoms with van der Waals surface area (Å²) in [7, 11) is 0. The molecule has 1 aliphatic heterocycles. The molecular formula is C31H34N2O2. The fourth-order valence-electron chi connectivity index (χ4n) is 5.09. The molecule has 4 aromatic rings. The highest BCUT2D eigenvalue weighted by molar-refractivity contribution is 5.53. The highest BCUT2D eigenvalue weighted by atomic mass is 16.5. The van der Waals surface area contributed by atoms with E-state index >= 15 is 0 Å². The number of hydrogen-bond donors (Lipinski definition) is 0. The van der Waals surface area contributed by atoms with Gasteiger partial charge in [-0.2, -0.15) is 0 Å². The zero-order valence-electron chi connectivity index (χ0n) is 20.7. The number of hydrogen-bond acceptors (Lipinski definition) is 4. The summed E-state index contributed by atoms with van der Waals surface area (Å²) in [5, 5.41) is 0. The Morgan fingerprint density at radius 1 is 0.914 bits per heavy atom. The smallest absolute Gasteiger partial charge is 0.226 e. The van der Waals surface area contributed by atoms with E-state index in [1.807, 2.05) is 37.3 Å². The van der Waals surface area contributed by atoms with Crippen molar-refractivity contribution < 1.29 is 9.15 Å². The van der Waals surface area contributed by atoms with Crippen LogP contribution in [0.2, 0.25) is 0 Å². The second-order valence-electron chi connectivity index (χ2n) is 9.74. The lowest BCUT2D eigenvalue weighted by Gasteiger charge is -2.24. The summed E-state index contributed by atoms with van der Waals surface area (Å²) in [6, 6.07) is 30.0. The van der Waals surface area contributed by atoms with Gasteiger partial charge >= 0.3 is 0 Å². The van der Waals surface area contributed by atoms with Crippen molar-refractivity contribution in [2.24, 2.45) is 5.92 Å². The van der Waals surface area contributed by atoms with Crippen LogP contribution in [0, 0.1) is 12.8 Å². The van der Waals surface area contributed by atoms with Gasteiger partial charge in [-0.15, -0.1) is 0 Å². The number of benzene rings is 3. The molecular weight excluding hydrogens is 432 g/mol. The zero-order chi connectivity index (χ0) is 24.0. The summed E-state index contributed by atoms with van der Waals surface area (Å²) >= 11 is 0. The van der Waals surface area contributed by atoms with Gasteiger partial charge in [-0.25, -0.2) is 4.98 Å². The van der Waals surface area contributed by atoms with Gasteiger partial charge in [0.1, 0.15) is 11.5 Å². The van der Waals surface area contributed by atoms with Crippen LogP contribution in [-0.4, -0.2) is 29.1 Å². The average molecular weight is 467 g/mol. The van der Waals surface area contributed by atoms with Gasteiger partial charge < -0.3 is 9.15 Å². The van der Waals surface area contributed by atoms with Crippen LogP contribution in [0.3, 0.4) is 0 Å². The fraction of sp³-hybridized carbons (Fsp3) is 0.323. The Labute approximate surface area is 208 Å². The number of oxazole rings is 1. The third-order valence-corrected chi connectivity index (χ3v) is 6.88. The SMILES string of the molecule is Cc1oc(-c2ccccc2)nc1CCOc1ccc(C[C@H]2C[C@H](C)CN2Cc2ccccc2)cc1. The van der Waals surface area contributed by atoms with Crippen molar-refractivity contribution in [1.29, 1.82) is 0 Å². The first-order valence-corrected chi connectivity index (χ1v) is 12.7. The van der Waals surface area contributed by atoms with Gasteiger partial charge in [0.05, 0.1) is 12.3 Å². The predicted octanol–water partition coefficient (Wildman–Crippen LogP) is 6.72. The molecule has 180 valence electrons. The first kappa shape index (κ1) is 23.4. The number of likely N-dealkylation sites (tertiary alicyclic amines) is 1. The van der Waals surface area contributed by atoms with Crippen molar-refractivity contribution >= 4 is 0 Å². The molecule has 1 aliphatic rings. The average Bonchev–Trinajstić information content (AvgIpc) is 3.42. The molecule has 4 heteroatoms. The van der Waals surface area contributed by atoms with E-state index in [1.54, 1.807) is 0 Å². The van der Waals surface area contributed by atoms with E-state index in [0.717, 1.165) is 48.1 Å². The Morgan fingerprint density at radius 3 is 2.37 bits per heavy atom. The Bertz CT molecular complexity index is 1200. The number of aromatic nitrogens is 1. The summed E-state index contributed by atoms with van der Waals surface area (Å²) in [5.74, 6) is 3.17. The first-order valence-electron chi connectivity index (χ1n) is 12.7. The maximum absolute atomic E-state index is 6.03. The minimum Gasteiger partial charge on any atom is -0.493 e. The number of ether oxygens (including phenoxy) is 1. The molecule has 0 unspecified atom stereocenters. The van der Waals surface area contributed by atoms with Gasteiger partial charge in [-0.3, -0.25) is 4.90 Å². The van der Waals surface area contributed by atoms with Crippen LogP contribution in [-0.2, 0) is 19.4 Å². The molecule has 2 heterocycles. The van der Waals surface area contributed by atoms with Gasteiger partial charge in [0.25, 0.3) is 0 Å². The van der Waals surface area contributed by atoms with Crippen molar-refractivity contribution in [3.63, 3.8) is 0 Å². The molecule has 0 N–H and O–H groups in total. The van der Waals surface area contributed by atoms with Crippen LogP contribution >= 0.6 is 0 Å². The largest absolute Gasteiger partial charge is 0.493 e. The van der Waals surface area contributed by atoms with Crippen molar-refractivity contribution in [3.05, 3.63) is 108 Å². The summed E-state index contributed by atoms with van der Waals surface area (Å²) in [6.45, 7) is 7.12. The van der Waals surface area contributed by atoms with Gasteiger partial charge in [0, 0.05) is 31.1 Å². The van der Waals surface area contributed by atoms with Crippen LogP contribution < -0.4 is 4.74 Å². The summed E-state index contributed by atoms with van der Waals surface area (Å²) in [6.07, 6.45) is 3.06. The summed E-state index contributed by atoms with van der Waals surface area (Å²) < 4.78 is 11.9. The minimum absolute atomic E-state index is 0.575. The topological polar surface area (TPSA) is 38.5 Å². The molecule has 1 aromatic heterocycles. The third kappa shape index (κ3) is 6.01. The molecule has 1 saturated heterocycles. The third-order valence-electron chi connectivity index (χ3n) is 6.88. The number of nitrogens with zero attached hydrogens (tertiary/aromatic N) is 2. The van der Waals surface area contributed by atoms with Crippen molar-refractivity contribution in [1.82, 2.24) is 9.88 Å². The van der Waals surface area contributed by atoms with E-state index in [9.17, 15) is 0 Å². The standard InChI is InChI=1S/C31H34N2O2/c1-23-19-28(33(21-23)22-26-9-5-3-6-10-26)20-25-13-15-29(16-14-25)34-18-17-30-24(2)35-31(32-30)27-11-7-4-8-12-27/h3-16,23,28H,17-22H2,1-2H3/t23-,28+/m0/s1. The van der Waals surface area contributed by atoms with Gasteiger partial charge in [-0.1, -0.05) is 67.6 Å². The molecule has 0 saturated carbocycles. The van der Waals surface area contributed by atoms with Crippen LogP contribution in [0.15, 0.2) is 89.3 Å². The Kier molecular flexibility index (Phi) is 7.29.